The monoisotopic (exact) mass is 172 g/mol. The molecule has 12 heavy (non-hydrogen) atoms. The minimum absolute atomic E-state index is 0.00167. The van der Waals surface area contributed by atoms with Crippen molar-refractivity contribution < 1.29 is 15.0 Å². The van der Waals surface area contributed by atoms with Gasteiger partial charge in [0.15, 0.2) is 0 Å². The van der Waals surface area contributed by atoms with Gasteiger partial charge >= 0.3 is 5.97 Å². The van der Waals surface area contributed by atoms with E-state index in [1.54, 1.807) is 4.90 Å². The summed E-state index contributed by atoms with van der Waals surface area (Å²) in [6.07, 6.45) is 0.00167. The lowest BCUT2D eigenvalue weighted by molar-refractivity contribution is -0.137. The van der Waals surface area contributed by atoms with Crippen LogP contribution in [-0.2, 0) is 4.79 Å². The zero-order valence-corrected chi connectivity index (χ0v) is 6.73. The molecule has 0 amide bonds. The molecule has 68 valence electrons. The van der Waals surface area contributed by atoms with Crippen molar-refractivity contribution in [1.29, 1.82) is 5.26 Å². The molecule has 0 rings (SSSR count). The van der Waals surface area contributed by atoms with Crippen LogP contribution in [0.2, 0.25) is 0 Å². The molecular weight excluding hydrogens is 160 g/mol. The Hall–Kier alpha value is -1.12. The molecule has 0 aromatic heterocycles. The molecule has 2 N–H and O–H groups in total. The highest BCUT2D eigenvalue weighted by Gasteiger charge is 2.05. The maximum atomic E-state index is 10.1. The first-order valence-corrected chi connectivity index (χ1v) is 3.62. The van der Waals surface area contributed by atoms with Crippen molar-refractivity contribution in [2.75, 3.05) is 26.2 Å². The van der Waals surface area contributed by atoms with Crippen LogP contribution in [0.4, 0.5) is 0 Å². The molecule has 0 atom stereocenters. The van der Waals surface area contributed by atoms with E-state index in [0.717, 1.165) is 0 Å². The van der Waals surface area contributed by atoms with E-state index >= 15 is 0 Å². The molecule has 0 fully saturated rings. The number of hydrogen-bond acceptors (Lipinski definition) is 4. The highest BCUT2D eigenvalue weighted by Crippen LogP contribution is 1.90. The molecule has 0 unspecified atom stereocenters. The van der Waals surface area contributed by atoms with Gasteiger partial charge in [-0.25, -0.2) is 0 Å². The summed E-state index contributed by atoms with van der Waals surface area (Å²) in [6, 6.07) is 1.90. The van der Waals surface area contributed by atoms with Gasteiger partial charge < -0.3 is 10.2 Å². The molecule has 0 aliphatic rings. The van der Waals surface area contributed by atoms with Gasteiger partial charge in [-0.05, 0) is 0 Å². The van der Waals surface area contributed by atoms with E-state index in [1.807, 2.05) is 6.07 Å². The largest absolute Gasteiger partial charge is 0.481 e. The number of aliphatic hydroxyl groups excluding tert-OH is 1. The summed E-state index contributed by atoms with van der Waals surface area (Å²) >= 11 is 0. The van der Waals surface area contributed by atoms with Crippen LogP contribution >= 0.6 is 0 Å². The van der Waals surface area contributed by atoms with E-state index < -0.39 is 5.97 Å². The van der Waals surface area contributed by atoms with E-state index in [-0.39, 0.29) is 19.6 Å². The van der Waals surface area contributed by atoms with Crippen LogP contribution in [0.25, 0.3) is 0 Å². The highest BCUT2D eigenvalue weighted by atomic mass is 16.4. The van der Waals surface area contributed by atoms with E-state index in [4.69, 9.17) is 15.5 Å². The maximum Gasteiger partial charge on any atom is 0.304 e. The minimum atomic E-state index is -0.893. The maximum absolute atomic E-state index is 10.1. The van der Waals surface area contributed by atoms with Gasteiger partial charge in [0.1, 0.15) is 0 Å². The molecule has 0 aliphatic carbocycles. The second-order valence-corrected chi connectivity index (χ2v) is 2.30. The van der Waals surface area contributed by atoms with Gasteiger partial charge in [-0.15, -0.1) is 0 Å². The van der Waals surface area contributed by atoms with Crippen LogP contribution in [0.1, 0.15) is 6.42 Å². The van der Waals surface area contributed by atoms with Crippen molar-refractivity contribution in [3.63, 3.8) is 0 Å². The molecule has 0 heterocycles. The van der Waals surface area contributed by atoms with Crippen molar-refractivity contribution in [3.8, 4) is 6.07 Å². The van der Waals surface area contributed by atoms with Crippen molar-refractivity contribution in [1.82, 2.24) is 4.90 Å². The smallest absolute Gasteiger partial charge is 0.304 e. The summed E-state index contributed by atoms with van der Waals surface area (Å²) in [5.74, 6) is -0.893. The Kier molecular flexibility index (Phi) is 5.97. The van der Waals surface area contributed by atoms with Gasteiger partial charge in [-0.3, -0.25) is 9.69 Å². The molecule has 0 saturated carbocycles. The third-order valence-corrected chi connectivity index (χ3v) is 1.35. The van der Waals surface area contributed by atoms with Crippen molar-refractivity contribution in [2.24, 2.45) is 0 Å². The molecule has 0 bridgehead atoms. The summed E-state index contributed by atoms with van der Waals surface area (Å²) < 4.78 is 0. The first-order chi connectivity index (χ1) is 5.70. The number of nitriles is 1. The number of aliphatic carboxylic acids is 1. The first-order valence-electron chi connectivity index (χ1n) is 3.62. The Bertz CT molecular complexity index is 176. The summed E-state index contributed by atoms with van der Waals surface area (Å²) in [4.78, 5) is 11.7. The second kappa shape index (κ2) is 6.58. The number of carbonyl (C=O) groups is 1. The molecule has 5 nitrogen and oxygen atoms in total. The lowest BCUT2D eigenvalue weighted by Crippen LogP contribution is -2.29. The van der Waals surface area contributed by atoms with Crippen molar-refractivity contribution >= 4 is 5.97 Å². The molecular formula is C7H12N2O3. The van der Waals surface area contributed by atoms with Crippen LogP contribution in [0.15, 0.2) is 0 Å². The van der Waals surface area contributed by atoms with Crippen LogP contribution in [0, 0.1) is 11.3 Å². The summed E-state index contributed by atoms with van der Waals surface area (Å²) in [5, 5.41) is 25.2. The number of carboxylic acid groups (broad SMARTS) is 1. The van der Waals surface area contributed by atoms with Crippen molar-refractivity contribution in [3.05, 3.63) is 0 Å². The summed E-state index contributed by atoms with van der Waals surface area (Å²) in [5.41, 5.74) is 0. The Morgan fingerprint density at radius 2 is 2.17 bits per heavy atom. The SMILES string of the molecule is N#CCN(CCO)CCC(=O)O. The third kappa shape index (κ3) is 5.65. The van der Waals surface area contributed by atoms with Crippen LogP contribution in [0.5, 0.6) is 0 Å². The average Bonchev–Trinajstić information content (AvgIpc) is 2.01. The normalized spacial score (nSPS) is 9.75. The predicted octanol–water partition coefficient (Wildman–Crippen LogP) is -0.721. The Morgan fingerprint density at radius 3 is 2.58 bits per heavy atom. The van der Waals surface area contributed by atoms with Gasteiger partial charge in [0.2, 0.25) is 0 Å². The molecule has 0 aliphatic heterocycles. The fourth-order valence-electron chi connectivity index (χ4n) is 0.765. The fourth-order valence-corrected chi connectivity index (χ4v) is 0.765. The zero-order valence-electron chi connectivity index (χ0n) is 6.73. The van der Waals surface area contributed by atoms with Gasteiger partial charge in [-0.2, -0.15) is 5.26 Å². The van der Waals surface area contributed by atoms with Crippen LogP contribution in [-0.4, -0.2) is 47.3 Å². The van der Waals surface area contributed by atoms with Crippen molar-refractivity contribution in [2.45, 2.75) is 6.42 Å². The predicted molar refractivity (Wildman–Crippen MR) is 41.4 cm³/mol. The highest BCUT2D eigenvalue weighted by molar-refractivity contribution is 5.66. The number of carboxylic acids is 1. The molecule has 0 spiro atoms. The second-order valence-electron chi connectivity index (χ2n) is 2.30. The zero-order chi connectivity index (χ0) is 9.40. The Morgan fingerprint density at radius 1 is 1.50 bits per heavy atom. The standard InChI is InChI=1S/C7H12N2O3/c8-2-4-9(5-6-10)3-1-7(11)12/h10H,1,3-6H2,(H,11,12). The van der Waals surface area contributed by atoms with Gasteiger partial charge in [0.05, 0.1) is 25.6 Å². The third-order valence-electron chi connectivity index (χ3n) is 1.35. The lowest BCUT2D eigenvalue weighted by Gasteiger charge is -2.15. The summed E-state index contributed by atoms with van der Waals surface area (Å²) in [6.45, 7) is 0.763. The quantitative estimate of drug-likeness (QED) is 0.516. The van der Waals surface area contributed by atoms with E-state index in [9.17, 15) is 4.79 Å². The van der Waals surface area contributed by atoms with Gasteiger partial charge in [0.25, 0.3) is 0 Å². The fraction of sp³-hybridized carbons (Fsp3) is 0.714. The van der Waals surface area contributed by atoms with Crippen LogP contribution in [0.3, 0.4) is 0 Å². The Labute approximate surface area is 70.8 Å². The molecule has 5 heteroatoms. The number of hydrogen-bond donors (Lipinski definition) is 2. The van der Waals surface area contributed by atoms with Gasteiger partial charge in [0, 0.05) is 13.1 Å². The summed E-state index contributed by atoms with van der Waals surface area (Å²) in [7, 11) is 0. The topological polar surface area (TPSA) is 84.6 Å². The van der Waals surface area contributed by atoms with E-state index in [0.29, 0.717) is 13.1 Å². The molecule has 0 aromatic carbocycles. The number of aliphatic hydroxyl groups is 1. The molecule has 0 radical (unpaired) electrons. The lowest BCUT2D eigenvalue weighted by atomic mass is 10.4. The first kappa shape index (κ1) is 10.9. The van der Waals surface area contributed by atoms with Gasteiger partial charge in [-0.1, -0.05) is 0 Å². The Balaban J connectivity index is 3.64. The minimum Gasteiger partial charge on any atom is -0.481 e. The number of rotatable bonds is 6. The molecule has 0 aromatic rings. The van der Waals surface area contributed by atoms with Crippen LogP contribution < -0.4 is 0 Å². The number of nitrogens with zero attached hydrogens (tertiary/aromatic N) is 2. The average molecular weight is 172 g/mol. The van der Waals surface area contributed by atoms with E-state index in [1.165, 1.54) is 0 Å². The van der Waals surface area contributed by atoms with E-state index in [2.05, 4.69) is 0 Å². The molecule has 0 saturated heterocycles.